The normalized spacial score (nSPS) is 23.8. The highest BCUT2D eigenvalue weighted by Gasteiger charge is 2.30. The van der Waals surface area contributed by atoms with Crippen molar-refractivity contribution in [3.8, 4) is 0 Å². The van der Waals surface area contributed by atoms with Gasteiger partial charge in [0, 0.05) is 19.3 Å². The standard InChI is InChI=1S/C21H28N4O/c1-16-7-9-17(10-8-16)20-6-2-3-13-24(20)21(26)19-11-14-25(23-19)18-5-4-12-22-15-18/h7-11,14,18,20,22H,2-6,12-13,15H2,1H3. The Balaban J connectivity index is 1.53. The van der Waals surface area contributed by atoms with Gasteiger partial charge in [-0.1, -0.05) is 29.8 Å². The van der Waals surface area contributed by atoms with E-state index in [1.807, 2.05) is 21.8 Å². The molecule has 2 aromatic rings. The predicted octanol–water partition coefficient (Wildman–Crippen LogP) is 3.48. The fraction of sp³-hybridized carbons (Fsp3) is 0.524. The number of hydrogen-bond donors (Lipinski definition) is 1. The number of nitrogens with zero attached hydrogens (tertiary/aromatic N) is 3. The van der Waals surface area contributed by atoms with Crippen molar-refractivity contribution in [2.75, 3.05) is 19.6 Å². The van der Waals surface area contributed by atoms with Crippen LogP contribution in [0.1, 0.15) is 65.8 Å². The Bertz CT molecular complexity index is 746. The van der Waals surface area contributed by atoms with Crippen molar-refractivity contribution in [1.82, 2.24) is 20.0 Å². The lowest BCUT2D eigenvalue weighted by Gasteiger charge is -2.35. The summed E-state index contributed by atoms with van der Waals surface area (Å²) in [6.07, 6.45) is 7.52. The predicted molar refractivity (Wildman–Crippen MR) is 102 cm³/mol. The Hall–Kier alpha value is -2.14. The number of aromatic nitrogens is 2. The molecule has 0 saturated carbocycles. The van der Waals surface area contributed by atoms with Gasteiger partial charge in [-0.3, -0.25) is 9.48 Å². The van der Waals surface area contributed by atoms with Gasteiger partial charge in [0.25, 0.3) is 5.91 Å². The Morgan fingerprint density at radius 1 is 1.12 bits per heavy atom. The molecule has 5 heteroatoms. The molecule has 2 aliphatic heterocycles. The lowest BCUT2D eigenvalue weighted by atomic mass is 9.94. The SMILES string of the molecule is Cc1ccc(C2CCCCN2C(=O)c2ccn(C3CCCNC3)n2)cc1. The minimum atomic E-state index is 0.0674. The molecule has 0 bridgehead atoms. The number of aryl methyl sites for hydroxylation is 1. The quantitative estimate of drug-likeness (QED) is 0.920. The molecule has 1 aromatic carbocycles. The van der Waals surface area contributed by atoms with Crippen molar-refractivity contribution in [2.24, 2.45) is 0 Å². The van der Waals surface area contributed by atoms with Gasteiger partial charge in [0.1, 0.15) is 5.69 Å². The summed E-state index contributed by atoms with van der Waals surface area (Å²) in [4.78, 5) is 15.2. The second kappa shape index (κ2) is 7.62. The Kier molecular flexibility index (Phi) is 5.07. The van der Waals surface area contributed by atoms with Gasteiger partial charge in [-0.15, -0.1) is 0 Å². The van der Waals surface area contributed by atoms with Crippen LogP contribution in [0.3, 0.4) is 0 Å². The highest BCUT2D eigenvalue weighted by atomic mass is 16.2. The average molecular weight is 352 g/mol. The number of amides is 1. The fourth-order valence-corrected chi connectivity index (χ4v) is 4.17. The maximum Gasteiger partial charge on any atom is 0.274 e. The maximum atomic E-state index is 13.2. The van der Waals surface area contributed by atoms with Gasteiger partial charge in [-0.25, -0.2) is 0 Å². The zero-order chi connectivity index (χ0) is 17.9. The number of carbonyl (C=O) groups excluding carboxylic acids is 1. The number of hydrogen-bond acceptors (Lipinski definition) is 3. The van der Waals surface area contributed by atoms with E-state index in [1.54, 1.807) is 0 Å². The van der Waals surface area contributed by atoms with E-state index in [1.165, 1.54) is 17.5 Å². The zero-order valence-electron chi connectivity index (χ0n) is 15.5. The van der Waals surface area contributed by atoms with Crippen LogP contribution in [-0.2, 0) is 0 Å². The third-order valence-corrected chi connectivity index (χ3v) is 5.70. The van der Waals surface area contributed by atoms with E-state index in [-0.39, 0.29) is 11.9 Å². The van der Waals surface area contributed by atoms with E-state index in [0.717, 1.165) is 45.3 Å². The molecule has 2 fully saturated rings. The van der Waals surface area contributed by atoms with Gasteiger partial charge in [0.05, 0.1) is 12.1 Å². The van der Waals surface area contributed by atoms with Crippen molar-refractivity contribution in [2.45, 2.75) is 51.1 Å². The molecule has 2 saturated heterocycles. The molecule has 0 aliphatic carbocycles. The molecule has 1 N–H and O–H groups in total. The van der Waals surface area contributed by atoms with E-state index in [9.17, 15) is 4.79 Å². The molecule has 26 heavy (non-hydrogen) atoms. The minimum Gasteiger partial charge on any atom is -0.330 e. The monoisotopic (exact) mass is 352 g/mol. The number of piperidine rings is 2. The first-order valence-electron chi connectivity index (χ1n) is 9.86. The third-order valence-electron chi connectivity index (χ3n) is 5.70. The summed E-state index contributed by atoms with van der Waals surface area (Å²) < 4.78 is 1.98. The molecule has 4 rings (SSSR count). The summed E-state index contributed by atoms with van der Waals surface area (Å²) in [5, 5.41) is 8.05. The molecule has 2 atom stereocenters. The number of benzene rings is 1. The lowest BCUT2D eigenvalue weighted by Crippen LogP contribution is -2.39. The van der Waals surface area contributed by atoms with Gasteiger partial charge < -0.3 is 10.2 Å². The van der Waals surface area contributed by atoms with Crippen molar-refractivity contribution in [1.29, 1.82) is 0 Å². The summed E-state index contributed by atoms with van der Waals surface area (Å²) in [5.74, 6) is 0.0674. The van der Waals surface area contributed by atoms with Crippen molar-refractivity contribution >= 4 is 5.91 Å². The average Bonchev–Trinajstić information content (AvgIpc) is 3.19. The molecule has 3 heterocycles. The molecule has 1 aromatic heterocycles. The Morgan fingerprint density at radius 2 is 1.96 bits per heavy atom. The molecule has 138 valence electrons. The Morgan fingerprint density at radius 3 is 2.73 bits per heavy atom. The summed E-state index contributed by atoms with van der Waals surface area (Å²) in [6, 6.07) is 11.0. The molecule has 2 unspecified atom stereocenters. The summed E-state index contributed by atoms with van der Waals surface area (Å²) in [6.45, 7) is 4.93. The largest absolute Gasteiger partial charge is 0.330 e. The van der Waals surface area contributed by atoms with Crippen LogP contribution in [0.5, 0.6) is 0 Å². The second-order valence-corrected chi connectivity index (χ2v) is 7.60. The molecule has 1 amide bonds. The number of rotatable bonds is 3. The fourth-order valence-electron chi connectivity index (χ4n) is 4.17. The van der Waals surface area contributed by atoms with Crippen LogP contribution in [0.2, 0.25) is 0 Å². The first-order chi connectivity index (χ1) is 12.7. The van der Waals surface area contributed by atoms with Crippen LogP contribution >= 0.6 is 0 Å². The van der Waals surface area contributed by atoms with Gasteiger partial charge in [0.2, 0.25) is 0 Å². The van der Waals surface area contributed by atoms with E-state index in [4.69, 9.17) is 0 Å². The van der Waals surface area contributed by atoms with Crippen LogP contribution in [0.25, 0.3) is 0 Å². The van der Waals surface area contributed by atoms with Crippen molar-refractivity contribution in [3.05, 3.63) is 53.3 Å². The summed E-state index contributed by atoms with van der Waals surface area (Å²) in [5.41, 5.74) is 3.07. The van der Waals surface area contributed by atoms with Crippen LogP contribution in [0, 0.1) is 6.92 Å². The van der Waals surface area contributed by atoms with Gasteiger partial charge in [-0.2, -0.15) is 5.10 Å². The molecular formula is C21H28N4O. The van der Waals surface area contributed by atoms with Gasteiger partial charge in [-0.05, 0) is 57.2 Å². The topological polar surface area (TPSA) is 50.2 Å². The number of likely N-dealkylation sites (tertiary alicyclic amines) is 1. The smallest absolute Gasteiger partial charge is 0.274 e. The molecule has 5 nitrogen and oxygen atoms in total. The summed E-state index contributed by atoms with van der Waals surface area (Å²) >= 11 is 0. The maximum absolute atomic E-state index is 13.2. The third kappa shape index (κ3) is 3.54. The molecule has 2 aliphatic rings. The van der Waals surface area contributed by atoms with E-state index in [2.05, 4.69) is 41.6 Å². The minimum absolute atomic E-state index is 0.0674. The number of nitrogens with one attached hydrogen (secondary N) is 1. The van der Waals surface area contributed by atoms with E-state index in [0.29, 0.717) is 11.7 Å². The molecule has 0 spiro atoms. The Labute approximate surface area is 155 Å². The van der Waals surface area contributed by atoms with Crippen molar-refractivity contribution < 1.29 is 4.79 Å². The van der Waals surface area contributed by atoms with Crippen LogP contribution < -0.4 is 5.32 Å². The highest BCUT2D eigenvalue weighted by molar-refractivity contribution is 5.92. The summed E-state index contributed by atoms with van der Waals surface area (Å²) in [7, 11) is 0. The lowest BCUT2D eigenvalue weighted by molar-refractivity contribution is 0.0604. The van der Waals surface area contributed by atoms with Gasteiger partial charge >= 0.3 is 0 Å². The van der Waals surface area contributed by atoms with E-state index < -0.39 is 0 Å². The van der Waals surface area contributed by atoms with Crippen LogP contribution in [-0.4, -0.2) is 40.2 Å². The number of carbonyl (C=O) groups is 1. The first-order valence-corrected chi connectivity index (χ1v) is 9.86. The zero-order valence-corrected chi connectivity index (χ0v) is 15.5. The van der Waals surface area contributed by atoms with E-state index >= 15 is 0 Å². The first kappa shape index (κ1) is 17.3. The second-order valence-electron chi connectivity index (χ2n) is 7.60. The van der Waals surface area contributed by atoms with Crippen molar-refractivity contribution in [3.63, 3.8) is 0 Å². The van der Waals surface area contributed by atoms with Gasteiger partial charge in [0.15, 0.2) is 0 Å². The molecular weight excluding hydrogens is 324 g/mol. The van der Waals surface area contributed by atoms with Crippen LogP contribution in [0.4, 0.5) is 0 Å². The molecule has 0 radical (unpaired) electrons. The highest BCUT2D eigenvalue weighted by Crippen LogP contribution is 2.32. The van der Waals surface area contributed by atoms with Crippen LogP contribution in [0.15, 0.2) is 36.5 Å².